The van der Waals surface area contributed by atoms with Gasteiger partial charge in [-0.3, -0.25) is 9.59 Å². The van der Waals surface area contributed by atoms with Crippen molar-refractivity contribution in [3.05, 3.63) is 104 Å². The molecule has 4 nitrogen and oxygen atoms in total. The molecule has 0 bridgehead atoms. The number of benzene rings is 3. The maximum Gasteiger partial charge on any atom is 0.243 e. The fraction of sp³-hybridized carbons (Fsp3) is 0.310. The van der Waals surface area contributed by atoms with Crippen LogP contribution in [0.3, 0.4) is 0 Å². The van der Waals surface area contributed by atoms with Crippen molar-refractivity contribution >= 4 is 70.0 Å². The molecule has 0 aliphatic heterocycles. The van der Waals surface area contributed by atoms with Gasteiger partial charge < -0.3 is 10.2 Å². The van der Waals surface area contributed by atoms with Gasteiger partial charge in [0.1, 0.15) is 6.04 Å². The van der Waals surface area contributed by atoms with Gasteiger partial charge >= 0.3 is 0 Å². The van der Waals surface area contributed by atoms with E-state index in [1.807, 2.05) is 56.3 Å². The smallest absolute Gasteiger partial charge is 0.243 e. The minimum Gasteiger partial charge on any atom is -0.352 e. The number of hydrogen-bond acceptors (Lipinski definition) is 3. The van der Waals surface area contributed by atoms with Crippen LogP contribution in [0.15, 0.2) is 66.7 Å². The van der Waals surface area contributed by atoms with Crippen molar-refractivity contribution in [3.63, 3.8) is 0 Å². The Bertz CT molecular complexity index is 1240. The number of thioether (sulfide) groups is 1. The van der Waals surface area contributed by atoms with Crippen LogP contribution in [-0.2, 0) is 28.3 Å². The fourth-order valence-electron chi connectivity index (χ4n) is 3.80. The van der Waals surface area contributed by atoms with E-state index in [1.165, 1.54) is 11.8 Å². The highest BCUT2D eigenvalue weighted by molar-refractivity contribution is 7.99. The molecule has 0 aliphatic carbocycles. The van der Waals surface area contributed by atoms with Gasteiger partial charge in [0.15, 0.2) is 0 Å². The van der Waals surface area contributed by atoms with Crippen LogP contribution >= 0.6 is 58.2 Å². The second kappa shape index (κ2) is 15.0. The number of amides is 2. The van der Waals surface area contributed by atoms with Gasteiger partial charge in [0.25, 0.3) is 0 Å². The third-order valence-electron chi connectivity index (χ3n) is 6.09. The summed E-state index contributed by atoms with van der Waals surface area (Å²) in [6.07, 6.45) is 1.16. The summed E-state index contributed by atoms with van der Waals surface area (Å²) >= 11 is 26.0. The van der Waals surface area contributed by atoms with Crippen LogP contribution < -0.4 is 5.32 Å². The summed E-state index contributed by atoms with van der Waals surface area (Å²) < 4.78 is 0. The molecule has 0 saturated heterocycles. The zero-order chi connectivity index (χ0) is 27.7. The molecule has 1 N–H and O–H groups in total. The van der Waals surface area contributed by atoms with Crippen molar-refractivity contribution in [2.75, 3.05) is 5.75 Å². The quantitative estimate of drug-likeness (QED) is 0.225. The number of nitrogens with one attached hydrogen (secondary N) is 1. The van der Waals surface area contributed by atoms with Crippen LogP contribution in [-0.4, -0.2) is 34.6 Å². The molecular weight excluding hydrogens is 582 g/mol. The highest BCUT2D eigenvalue weighted by Gasteiger charge is 2.31. The summed E-state index contributed by atoms with van der Waals surface area (Å²) in [5.74, 6) is 0.419. The molecule has 0 saturated carbocycles. The van der Waals surface area contributed by atoms with Gasteiger partial charge in [0, 0.05) is 24.8 Å². The lowest BCUT2D eigenvalue weighted by molar-refractivity contribution is -0.139. The lowest BCUT2D eigenvalue weighted by Crippen LogP contribution is -2.52. The molecule has 0 radical (unpaired) electrons. The third kappa shape index (κ3) is 9.10. The maximum atomic E-state index is 13.7. The molecule has 9 heteroatoms. The molecule has 0 spiro atoms. The van der Waals surface area contributed by atoms with Crippen molar-refractivity contribution in [1.29, 1.82) is 0 Å². The van der Waals surface area contributed by atoms with E-state index in [2.05, 4.69) is 5.32 Å². The van der Waals surface area contributed by atoms with E-state index < -0.39 is 6.04 Å². The normalized spacial score (nSPS) is 12.6. The molecule has 2 amide bonds. The molecule has 0 unspecified atom stereocenters. The Balaban J connectivity index is 1.87. The molecule has 2 atom stereocenters. The second-order valence-corrected chi connectivity index (χ2v) is 11.6. The Hall–Kier alpha value is -1.89. The van der Waals surface area contributed by atoms with Crippen LogP contribution in [0.2, 0.25) is 20.1 Å². The largest absolute Gasteiger partial charge is 0.352 e. The first-order valence-corrected chi connectivity index (χ1v) is 14.9. The third-order valence-corrected chi connectivity index (χ3v) is 8.55. The Kier molecular flexibility index (Phi) is 12.1. The number of hydrogen-bond donors (Lipinski definition) is 1. The highest BCUT2D eigenvalue weighted by Crippen LogP contribution is 2.27. The molecule has 38 heavy (non-hydrogen) atoms. The first kappa shape index (κ1) is 30.6. The number of nitrogens with zero attached hydrogens (tertiary/aromatic N) is 1. The average molecular weight is 612 g/mol. The maximum absolute atomic E-state index is 13.7. The second-order valence-electron chi connectivity index (χ2n) is 9.03. The molecule has 202 valence electrons. The number of carbonyl (C=O) groups excluding carboxylic acids is 2. The molecule has 3 aromatic rings. The van der Waals surface area contributed by atoms with Crippen LogP contribution in [0.5, 0.6) is 0 Å². The topological polar surface area (TPSA) is 49.4 Å². The number of halogens is 4. The van der Waals surface area contributed by atoms with E-state index in [-0.39, 0.29) is 30.2 Å². The number of carbonyl (C=O) groups is 2. The van der Waals surface area contributed by atoms with Gasteiger partial charge in [0.2, 0.25) is 11.8 Å². The zero-order valence-electron chi connectivity index (χ0n) is 21.2. The van der Waals surface area contributed by atoms with E-state index in [1.54, 1.807) is 29.2 Å². The van der Waals surface area contributed by atoms with Gasteiger partial charge in [-0.2, -0.15) is 0 Å². The predicted molar refractivity (Wildman–Crippen MR) is 161 cm³/mol. The summed E-state index contributed by atoms with van der Waals surface area (Å²) in [7, 11) is 0. The van der Waals surface area contributed by atoms with Crippen LogP contribution in [0.25, 0.3) is 0 Å². The summed E-state index contributed by atoms with van der Waals surface area (Å²) in [6, 6.07) is 19.7. The van der Waals surface area contributed by atoms with Gasteiger partial charge in [-0.25, -0.2) is 0 Å². The predicted octanol–water partition coefficient (Wildman–Crippen LogP) is 8.09. The Morgan fingerprint density at radius 3 is 2.05 bits per heavy atom. The average Bonchev–Trinajstić information content (AvgIpc) is 2.90. The molecule has 3 rings (SSSR count). The van der Waals surface area contributed by atoms with Crippen LogP contribution in [0, 0.1) is 0 Å². The first-order chi connectivity index (χ1) is 18.2. The van der Waals surface area contributed by atoms with Crippen molar-refractivity contribution in [2.24, 2.45) is 0 Å². The van der Waals surface area contributed by atoms with Crippen molar-refractivity contribution < 1.29 is 9.59 Å². The van der Waals surface area contributed by atoms with Crippen molar-refractivity contribution in [3.8, 4) is 0 Å². The van der Waals surface area contributed by atoms with Gasteiger partial charge in [-0.1, -0.05) is 95.8 Å². The van der Waals surface area contributed by atoms with Gasteiger partial charge in [-0.05, 0) is 54.3 Å². The molecule has 0 fully saturated rings. The highest BCUT2D eigenvalue weighted by atomic mass is 35.5. The SMILES string of the molecule is CC[C@H](C)NC(=O)[C@H](Cc1ccccc1)N(Cc1ccc(Cl)c(Cl)c1)C(=O)CSCc1ccc(Cl)c(Cl)c1. The molecule has 3 aromatic carbocycles. The molecule has 0 heterocycles. The standard InChI is InChI=1S/C29H30Cl4N2O2S/c1-3-19(2)34-29(37)27(15-20-7-5-4-6-8-20)35(16-21-9-11-23(30)25(32)13-21)28(36)18-38-17-22-10-12-24(31)26(33)14-22/h4-14,19,27H,3,15-18H2,1-2H3,(H,34,37)/t19-,27-/m0/s1. The van der Waals surface area contributed by atoms with E-state index in [4.69, 9.17) is 46.4 Å². The summed E-state index contributed by atoms with van der Waals surface area (Å²) in [6.45, 7) is 4.18. The number of rotatable bonds is 12. The van der Waals surface area contributed by atoms with E-state index in [0.29, 0.717) is 32.3 Å². The molecular formula is C29H30Cl4N2O2S. The Morgan fingerprint density at radius 2 is 1.45 bits per heavy atom. The zero-order valence-corrected chi connectivity index (χ0v) is 25.1. The van der Waals surface area contributed by atoms with E-state index >= 15 is 0 Å². The van der Waals surface area contributed by atoms with Gasteiger partial charge in [0.05, 0.1) is 25.8 Å². The minimum absolute atomic E-state index is 0.0215. The van der Waals surface area contributed by atoms with E-state index in [9.17, 15) is 9.59 Å². The fourth-order valence-corrected chi connectivity index (χ4v) is 5.30. The van der Waals surface area contributed by atoms with Crippen LogP contribution in [0.4, 0.5) is 0 Å². The Labute approximate surface area is 249 Å². The first-order valence-electron chi connectivity index (χ1n) is 12.3. The summed E-state index contributed by atoms with van der Waals surface area (Å²) in [5, 5.41) is 4.86. The van der Waals surface area contributed by atoms with E-state index in [0.717, 1.165) is 23.1 Å². The lowest BCUT2D eigenvalue weighted by Gasteiger charge is -2.32. The van der Waals surface area contributed by atoms with Crippen molar-refractivity contribution in [1.82, 2.24) is 10.2 Å². The van der Waals surface area contributed by atoms with Crippen molar-refractivity contribution in [2.45, 2.75) is 51.1 Å². The van der Waals surface area contributed by atoms with Gasteiger partial charge in [-0.15, -0.1) is 11.8 Å². The lowest BCUT2D eigenvalue weighted by atomic mass is 10.0. The molecule has 0 aliphatic rings. The summed E-state index contributed by atoms with van der Waals surface area (Å²) in [5.41, 5.74) is 2.72. The minimum atomic E-state index is -0.709. The Morgan fingerprint density at radius 1 is 0.842 bits per heavy atom. The monoisotopic (exact) mass is 610 g/mol. The summed E-state index contributed by atoms with van der Waals surface area (Å²) in [4.78, 5) is 28.9. The molecule has 0 aromatic heterocycles. The van der Waals surface area contributed by atoms with Crippen LogP contribution in [0.1, 0.15) is 37.0 Å².